The van der Waals surface area contributed by atoms with Crippen molar-refractivity contribution in [3.05, 3.63) is 40.7 Å². The molecule has 0 spiro atoms. The number of fused-ring (bicyclic) bond motifs is 1. The Bertz CT molecular complexity index is 876. The summed E-state index contributed by atoms with van der Waals surface area (Å²) in [4.78, 5) is 26.6. The molecule has 0 N–H and O–H groups in total. The molecule has 0 unspecified atom stereocenters. The van der Waals surface area contributed by atoms with Gasteiger partial charge in [-0.25, -0.2) is 9.97 Å². The molecule has 0 bridgehead atoms. The fourth-order valence-electron chi connectivity index (χ4n) is 4.43. The Kier molecular flexibility index (Phi) is 5.19. The SMILES string of the molecule is Cc1cc(C)n([C@@H](C)CC(=O)N2CC[C@H](c3ncc4c(n3)CCN(C)C4)C2)n1. The van der Waals surface area contributed by atoms with Crippen LogP contribution in [0, 0.1) is 13.8 Å². The first kappa shape index (κ1) is 19.1. The quantitative estimate of drug-likeness (QED) is 0.811. The summed E-state index contributed by atoms with van der Waals surface area (Å²) in [5.41, 5.74) is 4.52. The Labute approximate surface area is 166 Å². The second kappa shape index (κ2) is 7.62. The molecule has 0 aromatic carbocycles. The van der Waals surface area contributed by atoms with Crippen molar-refractivity contribution in [2.24, 2.45) is 0 Å². The number of likely N-dealkylation sites (tertiary alicyclic amines) is 1. The van der Waals surface area contributed by atoms with Crippen LogP contribution in [-0.4, -0.2) is 62.1 Å². The lowest BCUT2D eigenvalue weighted by Crippen LogP contribution is -2.31. The van der Waals surface area contributed by atoms with Crippen LogP contribution in [0.15, 0.2) is 12.3 Å². The molecule has 2 aromatic heterocycles. The maximum Gasteiger partial charge on any atom is 0.224 e. The summed E-state index contributed by atoms with van der Waals surface area (Å²) < 4.78 is 1.96. The molecule has 2 aromatic rings. The van der Waals surface area contributed by atoms with Crippen LogP contribution in [0.3, 0.4) is 0 Å². The number of rotatable bonds is 4. The van der Waals surface area contributed by atoms with Gasteiger partial charge >= 0.3 is 0 Å². The van der Waals surface area contributed by atoms with E-state index < -0.39 is 0 Å². The predicted octanol–water partition coefficient (Wildman–Crippen LogP) is 2.25. The molecule has 4 rings (SSSR count). The van der Waals surface area contributed by atoms with Crippen molar-refractivity contribution in [1.29, 1.82) is 0 Å². The fourth-order valence-corrected chi connectivity index (χ4v) is 4.43. The Morgan fingerprint density at radius 3 is 2.89 bits per heavy atom. The van der Waals surface area contributed by atoms with Crippen LogP contribution in [0.5, 0.6) is 0 Å². The van der Waals surface area contributed by atoms with E-state index in [1.807, 2.05) is 29.6 Å². The largest absolute Gasteiger partial charge is 0.342 e. The first-order valence-corrected chi connectivity index (χ1v) is 10.2. The Morgan fingerprint density at radius 2 is 2.14 bits per heavy atom. The Hall–Kier alpha value is -2.28. The predicted molar refractivity (Wildman–Crippen MR) is 107 cm³/mol. The maximum absolute atomic E-state index is 12.8. The zero-order valence-corrected chi connectivity index (χ0v) is 17.4. The molecule has 1 amide bonds. The molecule has 0 aliphatic carbocycles. The third kappa shape index (κ3) is 3.81. The standard InChI is InChI=1S/C21H30N6O/c1-14-9-15(2)27(24-14)16(3)10-20(28)26-8-5-17(13-26)21-22-11-18-12-25(4)7-6-19(18)23-21/h9,11,16-17H,5-8,10,12-13H2,1-4H3/t16-,17-/m0/s1. The van der Waals surface area contributed by atoms with E-state index in [4.69, 9.17) is 4.98 Å². The van der Waals surface area contributed by atoms with Crippen LogP contribution < -0.4 is 0 Å². The zero-order chi connectivity index (χ0) is 19.8. The molecule has 7 heteroatoms. The van der Waals surface area contributed by atoms with Gasteiger partial charge in [0.15, 0.2) is 0 Å². The van der Waals surface area contributed by atoms with Crippen molar-refractivity contribution >= 4 is 5.91 Å². The number of aryl methyl sites for hydroxylation is 2. The van der Waals surface area contributed by atoms with Gasteiger partial charge in [-0.2, -0.15) is 5.10 Å². The number of likely N-dealkylation sites (N-methyl/N-ethyl adjacent to an activating group) is 1. The summed E-state index contributed by atoms with van der Waals surface area (Å²) >= 11 is 0. The average molecular weight is 383 g/mol. The van der Waals surface area contributed by atoms with E-state index in [1.54, 1.807) is 0 Å². The maximum atomic E-state index is 12.8. The highest BCUT2D eigenvalue weighted by atomic mass is 16.2. The summed E-state index contributed by atoms with van der Waals surface area (Å²) in [7, 11) is 2.13. The molecule has 150 valence electrons. The van der Waals surface area contributed by atoms with E-state index >= 15 is 0 Å². The van der Waals surface area contributed by atoms with Gasteiger partial charge < -0.3 is 9.80 Å². The summed E-state index contributed by atoms with van der Waals surface area (Å²) in [6.07, 6.45) is 4.39. The number of aromatic nitrogens is 4. The summed E-state index contributed by atoms with van der Waals surface area (Å²) in [5.74, 6) is 1.35. The molecule has 7 nitrogen and oxygen atoms in total. The number of carbonyl (C=O) groups is 1. The molecular formula is C21H30N6O. The van der Waals surface area contributed by atoms with E-state index in [0.717, 1.165) is 56.2 Å². The van der Waals surface area contributed by atoms with Gasteiger partial charge in [0.25, 0.3) is 0 Å². The number of amides is 1. The molecule has 0 radical (unpaired) electrons. The van der Waals surface area contributed by atoms with Gasteiger partial charge in [0.2, 0.25) is 5.91 Å². The highest BCUT2D eigenvalue weighted by molar-refractivity contribution is 5.77. The molecule has 2 aliphatic heterocycles. The third-order valence-corrected chi connectivity index (χ3v) is 5.98. The van der Waals surface area contributed by atoms with E-state index in [2.05, 4.69) is 35.0 Å². The van der Waals surface area contributed by atoms with Gasteiger partial charge in [-0.05, 0) is 40.3 Å². The molecule has 1 fully saturated rings. The van der Waals surface area contributed by atoms with Gasteiger partial charge in [0.1, 0.15) is 5.82 Å². The molecule has 0 saturated carbocycles. The summed E-state index contributed by atoms with van der Waals surface area (Å²) in [6, 6.07) is 2.12. The van der Waals surface area contributed by atoms with Crippen LogP contribution >= 0.6 is 0 Å². The minimum atomic E-state index is 0.0669. The number of nitrogens with zero attached hydrogens (tertiary/aromatic N) is 6. The first-order valence-electron chi connectivity index (χ1n) is 10.2. The van der Waals surface area contributed by atoms with Crippen LogP contribution in [-0.2, 0) is 17.8 Å². The lowest BCUT2D eigenvalue weighted by atomic mass is 10.1. The third-order valence-electron chi connectivity index (χ3n) is 5.98. The lowest BCUT2D eigenvalue weighted by molar-refractivity contribution is -0.131. The van der Waals surface area contributed by atoms with E-state index in [9.17, 15) is 4.79 Å². The lowest BCUT2D eigenvalue weighted by Gasteiger charge is -2.24. The van der Waals surface area contributed by atoms with Crippen LogP contribution in [0.1, 0.15) is 60.2 Å². The van der Waals surface area contributed by atoms with Crippen molar-refractivity contribution in [1.82, 2.24) is 29.5 Å². The highest BCUT2D eigenvalue weighted by Crippen LogP contribution is 2.27. The van der Waals surface area contributed by atoms with Crippen molar-refractivity contribution in [2.45, 2.75) is 58.5 Å². The fraction of sp³-hybridized carbons (Fsp3) is 0.619. The summed E-state index contributed by atoms with van der Waals surface area (Å²) in [6.45, 7) is 9.57. The Morgan fingerprint density at radius 1 is 1.32 bits per heavy atom. The van der Waals surface area contributed by atoms with Crippen molar-refractivity contribution in [3.63, 3.8) is 0 Å². The van der Waals surface area contributed by atoms with Crippen molar-refractivity contribution in [3.8, 4) is 0 Å². The number of hydrogen-bond acceptors (Lipinski definition) is 5. The minimum Gasteiger partial charge on any atom is -0.342 e. The molecule has 28 heavy (non-hydrogen) atoms. The van der Waals surface area contributed by atoms with Crippen molar-refractivity contribution < 1.29 is 4.79 Å². The van der Waals surface area contributed by atoms with E-state index in [0.29, 0.717) is 6.42 Å². The van der Waals surface area contributed by atoms with E-state index in [-0.39, 0.29) is 17.9 Å². The smallest absolute Gasteiger partial charge is 0.224 e. The first-order chi connectivity index (χ1) is 13.4. The second-order valence-electron chi connectivity index (χ2n) is 8.44. The molecule has 1 saturated heterocycles. The van der Waals surface area contributed by atoms with Crippen LogP contribution in [0.4, 0.5) is 0 Å². The second-order valence-corrected chi connectivity index (χ2v) is 8.44. The average Bonchev–Trinajstić information content (AvgIpc) is 3.28. The van der Waals surface area contributed by atoms with E-state index in [1.165, 1.54) is 11.3 Å². The van der Waals surface area contributed by atoms with Gasteiger partial charge in [0.05, 0.1) is 11.7 Å². The Balaban J connectivity index is 1.38. The molecule has 2 atom stereocenters. The van der Waals surface area contributed by atoms with Gasteiger partial charge in [-0.1, -0.05) is 0 Å². The topological polar surface area (TPSA) is 67.2 Å². The normalized spacial score (nSPS) is 21.0. The number of carbonyl (C=O) groups excluding carboxylic acids is 1. The zero-order valence-electron chi connectivity index (χ0n) is 17.4. The summed E-state index contributed by atoms with van der Waals surface area (Å²) in [5, 5.41) is 4.52. The van der Waals surface area contributed by atoms with Gasteiger partial charge in [-0.3, -0.25) is 9.48 Å². The van der Waals surface area contributed by atoms with Crippen LogP contribution in [0.2, 0.25) is 0 Å². The van der Waals surface area contributed by atoms with Gasteiger partial charge in [-0.15, -0.1) is 0 Å². The molecular weight excluding hydrogens is 352 g/mol. The highest BCUT2D eigenvalue weighted by Gasteiger charge is 2.30. The van der Waals surface area contributed by atoms with Crippen molar-refractivity contribution in [2.75, 3.05) is 26.7 Å². The molecule has 2 aliphatic rings. The minimum absolute atomic E-state index is 0.0669. The van der Waals surface area contributed by atoms with Gasteiger partial charge in [0, 0.05) is 68.1 Å². The molecule has 4 heterocycles. The monoisotopic (exact) mass is 382 g/mol. The number of hydrogen-bond donors (Lipinski definition) is 0. The van der Waals surface area contributed by atoms with Crippen LogP contribution in [0.25, 0.3) is 0 Å².